The minimum Gasteiger partial charge on any atom is -0.384 e. The molecule has 3 atom stereocenters. The third-order valence-corrected chi connectivity index (χ3v) is 13.7. The number of nitrogens with one attached hydrogen (secondary N) is 2. The lowest BCUT2D eigenvalue weighted by atomic mass is 9.84. The van der Waals surface area contributed by atoms with Gasteiger partial charge in [0.15, 0.2) is 9.84 Å². The Morgan fingerprint density at radius 1 is 1.05 bits per heavy atom. The van der Waals surface area contributed by atoms with E-state index in [1.165, 1.54) is 29.6 Å². The van der Waals surface area contributed by atoms with E-state index in [-0.39, 0.29) is 36.6 Å². The second-order valence-electron chi connectivity index (χ2n) is 15.0. The molecule has 1 aliphatic carbocycles. The van der Waals surface area contributed by atoms with Crippen LogP contribution in [-0.2, 0) is 44.5 Å². The van der Waals surface area contributed by atoms with Crippen molar-refractivity contribution in [1.29, 1.82) is 0 Å². The summed E-state index contributed by atoms with van der Waals surface area (Å²) in [5.74, 6) is -9.71. The van der Waals surface area contributed by atoms with Crippen LogP contribution >= 0.6 is 0 Å². The first-order chi connectivity index (χ1) is 25.6. The Labute approximate surface area is 316 Å². The van der Waals surface area contributed by atoms with E-state index in [0.717, 1.165) is 56.4 Å². The van der Waals surface area contributed by atoms with Crippen LogP contribution in [0.25, 0.3) is 0 Å². The number of alkyl halides is 2. The normalized spacial score (nSPS) is 22.2. The van der Waals surface area contributed by atoms with Crippen LogP contribution in [0.3, 0.4) is 0 Å². The Kier molecular flexibility index (Phi) is 12.2. The molecule has 55 heavy (non-hydrogen) atoms. The van der Waals surface area contributed by atoms with Gasteiger partial charge in [-0.25, -0.2) is 21.5 Å². The number of ketones is 1. The fourth-order valence-electron chi connectivity index (χ4n) is 7.60. The first kappa shape index (κ1) is 41.8. The first-order valence-electron chi connectivity index (χ1n) is 17.9. The van der Waals surface area contributed by atoms with E-state index < -0.39 is 113 Å². The summed E-state index contributed by atoms with van der Waals surface area (Å²) in [6.45, 7) is 2.79. The number of amides is 4. The van der Waals surface area contributed by atoms with Crippen molar-refractivity contribution in [3.05, 3.63) is 41.7 Å². The zero-order valence-corrected chi connectivity index (χ0v) is 32.0. The number of carbonyl (C=O) groups is 5. The van der Waals surface area contributed by atoms with Crippen molar-refractivity contribution >= 4 is 49.1 Å². The summed E-state index contributed by atoms with van der Waals surface area (Å²) >= 11 is 0. The average molecular weight is 814 g/mol. The van der Waals surface area contributed by atoms with E-state index in [9.17, 15) is 54.7 Å². The quantitative estimate of drug-likeness (QED) is 0.202. The highest BCUT2D eigenvalue weighted by Crippen LogP contribution is 2.35. The van der Waals surface area contributed by atoms with E-state index >= 15 is 0 Å². The van der Waals surface area contributed by atoms with Crippen LogP contribution in [0.2, 0.25) is 0 Å². The minimum atomic E-state index is -4.94. The molecule has 3 fully saturated rings. The van der Waals surface area contributed by atoms with Gasteiger partial charge in [-0.05, 0) is 63.3 Å². The van der Waals surface area contributed by atoms with Crippen molar-refractivity contribution in [2.75, 3.05) is 18.1 Å². The molecule has 302 valence electrons. The number of hydrogen-bond donors (Lipinski definition) is 4. The predicted octanol–water partition coefficient (Wildman–Crippen LogP) is 0.531. The van der Waals surface area contributed by atoms with E-state index in [2.05, 4.69) is 20.9 Å². The minimum absolute atomic E-state index is 0.00927. The van der Waals surface area contributed by atoms with Gasteiger partial charge >= 0.3 is 5.76 Å². The lowest BCUT2D eigenvalue weighted by molar-refractivity contribution is -0.145. The lowest BCUT2D eigenvalue weighted by Gasteiger charge is -2.37. The SMILES string of the molecule is CC(C)(O)c1cnnn1C1CC(C(=O)NC2(C(=O)C(N)=O)CCS(=O)(=O)CC2)N(C(=O)[C@@H](CC2CCCCC2)NC(=O)c2ccc(S(=O)(=O)C(F)F)cc2)C1. The first-order valence-corrected chi connectivity index (χ1v) is 21.2. The summed E-state index contributed by atoms with van der Waals surface area (Å²) in [7, 11) is -8.52. The van der Waals surface area contributed by atoms with Gasteiger partial charge in [0, 0.05) is 18.5 Å². The van der Waals surface area contributed by atoms with E-state index in [0.29, 0.717) is 0 Å². The van der Waals surface area contributed by atoms with Gasteiger partial charge in [0.05, 0.1) is 34.3 Å². The highest BCUT2D eigenvalue weighted by atomic mass is 32.2. The van der Waals surface area contributed by atoms with Crippen LogP contribution in [0.1, 0.15) is 93.7 Å². The lowest BCUT2D eigenvalue weighted by Crippen LogP contribution is -2.64. The van der Waals surface area contributed by atoms with E-state index in [1.54, 1.807) is 0 Å². The summed E-state index contributed by atoms with van der Waals surface area (Å²) in [5, 5.41) is 24.1. The summed E-state index contributed by atoms with van der Waals surface area (Å²) in [6, 6.07) is 0.412. The summed E-state index contributed by atoms with van der Waals surface area (Å²) in [4.78, 5) is 68.4. The van der Waals surface area contributed by atoms with E-state index in [1.807, 2.05) is 0 Å². The molecule has 0 spiro atoms. The number of nitrogens with two attached hydrogens (primary N) is 1. The number of aromatic nitrogens is 3. The number of sulfone groups is 2. The zero-order chi connectivity index (χ0) is 40.5. The molecule has 0 bridgehead atoms. The Morgan fingerprint density at radius 2 is 1.67 bits per heavy atom. The number of rotatable bonds is 13. The molecular formula is C34H45F2N7O10S2. The molecule has 21 heteroatoms. The molecule has 1 saturated carbocycles. The van der Waals surface area contributed by atoms with Gasteiger partial charge in [-0.3, -0.25) is 24.0 Å². The fraction of sp³-hybridized carbons (Fsp3) is 0.618. The maximum Gasteiger partial charge on any atom is 0.341 e. The van der Waals surface area contributed by atoms with Gasteiger partial charge in [-0.1, -0.05) is 37.3 Å². The molecule has 17 nitrogen and oxygen atoms in total. The zero-order valence-electron chi connectivity index (χ0n) is 30.3. The molecule has 2 aliphatic heterocycles. The highest BCUT2D eigenvalue weighted by Gasteiger charge is 2.51. The molecule has 5 rings (SSSR count). The third kappa shape index (κ3) is 9.20. The van der Waals surface area contributed by atoms with Crippen molar-refractivity contribution in [3.8, 4) is 0 Å². The highest BCUT2D eigenvalue weighted by molar-refractivity contribution is 7.91. The van der Waals surface area contributed by atoms with Crippen molar-refractivity contribution < 1.29 is 54.7 Å². The largest absolute Gasteiger partial charge is 0.384 e. The summed E-state index contributed by atoms with van der Waals surface area (Å²) in [5.41, 5.74) is 2.05. The third-order valence-electron chi connectivity index (χ3n) is 10.7. The number of aliphatic hydroxyl groups is 1. The van der Waals surface area contributed by atoms with Crippen LogP contribution in [-0.4, -0.2) is 113 Å². The number of likely N-dealkylation sites (tertiary alicyclic amines) is 1. The molecule has 3 aliphatic rings. The van der Waals surface area contributed by atoms with Gasteiger partial charge in [-0.2, -0.15) is 8.78 Å². The number of halogens is 2. The maximum atomic E-state index is 14.7. The molecule has 2 saturated heterocycles. The van der Waals surface area contributed by atoms with Gasteiger partial charge in [-0.15, -0.1) is 5.10 Å². The molecule has 5 N–H and O–H groups in total. The number of Topliss-reactive ketones (excluding diaryl/α,β-unsaturated/α-hetero) is 1. The van der Waals surface area contributed by atoms with Crippen molar-refractivity contribution in [1.82, 2.24) is 30.5 Å². The van der Waals surface area contributed by atoms with Crippen molar-refractivity contribution in [2.45, 2.75) is 112 Å². The number of nitrogens with zero attached hydrogens (tertiary/aromatic N) is 4. The van der Waals surface area contributed by atoms with E-state index in [4.69, 9.17) is 5.73 Å². The van der Waals surface area contributed by atoms with Crippen LogP contribution in [0.15, 0.2) is 35.4 Å². The van der Waals surface area contributed by atoms with Crippen LogP contribution in [0, 0.1) is 5.92 Å². The Morgan fingerprint density at radius 3 is 2.24 bits per heavy atom. The number of benzene rings is 1. The predicted molar refractivity (Wildman–Crippen MR) is 189 cm³/mol. The molecule has 3 heterocycles. The monoisotopic (exact) mass is 813 g/mol. The second kappa shape index (κ2) is 16.0. The fourth-order valence-corrected chi connectivity index (χ4v) is 9.85. The number of primary amides is 1. The standard InChI is InChI=1S/C34H45F2N7O10S2/c1-33(2,49)26-18-38-41-43(26)22-17-25(30(47)40-34(27(44)28(37)45)12-14-54(50,51)15-13-34)42(19-22)31(48)24(16-20-6-4-3-5-7-20)39-29(46)21-8-10-23(11-9-21)55(52,53)32(35)36/h8-11,18,20,22,24-25,32,49H,3-7,12-17,19H2,1-2H3,(H2,37,45)(H,39,46)(H,40,47)/t22?,24-,25?/m1/s1. The molecule has 2 unspecified atom stereocenters. The molecule has 0 radical (unpaired) electrons. The summed E-state index contributed by atoms with van der Waals surface area (Å²) < 4.78 is 76.1. The molecule has 1 aromatic heterocycles. The molecular weight excluding hydrogens is 769 g/mol. The number of carbonyl (C=O) groups excluding carboxylic acids is 5. The van der Waals surface area contributed by atoms with Gasteiger partial charge in [0.2, 0.25) is 27.4 Å². The van der Waals surface area contributed by atoms with Crippen LogP contribution in [0.5, 0.6) is 0 Å². The Hall–Kier alpha value is -4.37. The number of hydrogen-bond acceptors (Lipinski definition) is 12. The topological polar surface area (TPSA) is 258 Å². The molecule has 1 aromatic carbocycles. The van der Waals surface area contributed by atoms with Gasteiger partial charge < -0.3 is 26.4 Å². The average Bonchev–Trinajstić information content (AvgIpc) is 3.81. The maximum absolute atomic E-state index is 14.7. The molecule has 2 aromatic rings. The summed E-state index contributed by atoms with van der Waals surface area (Å²) in [6.07, 6.45) is 4.73. The van der Waals surface area contributed by atoms with Crippen molar-refractivity contribution in [3.63, 3.8) is 0 Å². The Balaban J connectivity index is 1.49. The van der Waals surface area contributed by atoms with Crippen molar-refractivity contribution in [2.24, 2.45) is 11.7 Å². The second-order valence-corrected chi connectivity index (χ2v) is 19.3. The molecule has 4 amide bonds. The smallest absolute Gasteiger partial charge is 0.341 e. The van der Waals surface area contributed by atoms with Gasteiger partial charge in [0.1, 0.15) is 23.2 Å². The van der Waals surface area contributed by atoms with Crippen LogP contribution in [0.4, 0.5) is 8.78 Å². The Bertz CT molecular complexity index is 2020. The van der Waals surface area contributed by atoms with Crippen LogP contribution < -0.4 is 16.4 Å². The van der Waals surface area contributed by atoms with Gasteiger partial charge in [0.25, 0.3) is 11.8 Å².